The van der Waals surface area contributed by atoms with Gasteiger partial charge < -0.3 is 10.3 Å². The molecule has 3 rings (SSSR count). The lowest BCUT2D eigenvalue weighted by Crippen LogP contribution is -2.28. The summed E-state index contributed by atoms with van der Waals surface area (Å²) in [4.78, 5) is 8.80. The van der Waals surface area contributed by atoms with Gasteiger partial charge in [-0.1, -0.05) is 11.6 Å². The van der Waals surface area contributed by atoms with E-state index in [0.717, 1.165) is 23.0 Å². The number of halogens is 1. The number of hydrogen-bond acceptors (Lipinski definition) is 3. The second-order valence-corrected chi connectivity index (χ2v) is 6.31. The Balaban J connectivity index is 1.81. The number of nitrogens with zero attached hydrogens (tertiary/aromatic N) is 1. The summed E-state index contributed by atoms with van der Waals surface area (Å²) in [6.07, 6.45) is 4.76. The molecule has 0 fully saturated rings. The highest BCUT2D eigenvalue weighted by molar-refractivity contribution is 7.99. The van der Waals surface area contributed by atoms with E-state index < -0.39 is 0 Å². The summed E-state index contributed by atoms with van der Waals surface area (Å²) in [7, 11) is 0. The molecule has 0 radical (unpaired) electrons. The maximum Gasteiger partial charge on any atom is 0.122 e. The molecular formula is C14H16ClN3S. The number of imidazole rings is 1. The summed E-state index contributed by atoms with van der Waals surface area (Å²) in [6.45, 7) is 2.13. The lowest BCUT2D eigenvalue weighted by atomic mass is 10.0. The third-order valence-electron chi connectivity index (χ3n) is 3.39. The molecule has 0 saturated carbocycles. The Kier molecular flexibility index (Phi) is 3.82. The molecule has 0 aliphatic carbocycles. The summed E-state index contributed by atoms with van der Waals surface area (Å²) in [5.74, 6) is 2.11. The summed E-state index contributed by atoms with van der Waals surface area (Å²) in [5.41, 5.74) is 1.31. The highest BCUT2D eigenvalue weighted by Crippen LogP contribution is 2.38. The van der Waals surface area contributed by atoms with Gasteiger partial charge in [-0.05, 0) is 42.9 Å². The van der Waals surface area contributed by atoms with Crippen molar-refractivity contribution in [3.05, 3.63) is 47.0 Å². The number of aromatic amines is 1. The lowest BCUT2D eigenvalue weighted by molar-refractivity contribution is 0.439. The number of nitrogens with one attached hydrogen (secondary N) is 2. The fourth-order valence-electron chi connectivity index (χ4n) is 2.43. The number of hydrogen-bond donors (Lipinski definition) is 2. The van der Waals surface area contributed by atoms with Gasteiger partial charge in [-0.3, -0.25) is 0 Å². The van der Waals surface area contributed by atoms with Crippen LogP contribution in [-0.2, 0) is 0 Å². The van der Waals surface area contributed by atoms with Gasteiger partial charge in [0.25, 0.3) is 0 Å². The minimum atomic E-state index is 0.204. The van der Waals surface area contributed by atoms with Crippen LogP contribution < -0.4 is 5.32 Å². The van der Waals surface area contributed by atoms with Crippen molar-refractivity contribution in [1.29, 1.82) is 0 Å². The summed E-state index contributed by atoms with van der Waals surface area (Å²) >= 11 is 8.03. The Labute approximate surface area is 122 Å². The first-order valence-electron chi connectivity index (χ1n) is 6.41. The predicted molar refractivity (Wildman–Crippen MR) is 79.7 cm³/mol. The predicted octanol–water partition coefficient (Wildman–Crippen LogP) is 3.95. The van der Waals surface area contributed by atoms with E-state index in [1.54, 1.807) is 6.20 Å². The van der Waals surface area contributed by atoms with Crippen LogP contribution in [-0.4, -0.2) is 15.7 Å². The van der Waals surface area contributed by atoms with E-state index in [1.807, 2.05) is 24.0 Å². The minimum absolute atomic E-state index is 0.204. The van der Waals surface area contributed by atoms with Gasteiger partial charge in [-0.2, -0.15) is 0 Å². The van der Waals surface area contributed by atoms with Gasteiger partial charge in [0.1, 0.15) is 5.82 Å². The zero-order chi connectivity index (χ0) is 13.2. The molecule has 3 nitrogen and oxygen atoms in total. The van der Waals surface area contributed by atoms with Gasteiger partial charge in [-0.25, -0.2) is 4.98 Å². The molecule has 0 bridgehead atoms. The van der Waals surface area contributed by atoms with E-state index in [2.05, 4.69) is 34.3 Å². The molecule has 5 heteroatoms. The molecule has 2 unspecified atom stereocenters. The fraction of sp³-hybridized carbons (Fsp3) is 0.357. The number of thioether (sulfide) groups is 1. The SMILES string of the molecule is CC(NC1CCSc2ccc(Cl)cc21)c1ncc[nH]1. The molecule has 0 amide bonds. The number of H-pyrrole nitrogens is 1. The second-order valence-electron chi connectivity index (χ2n) is 4.73. The third kappa shape index (κ3) is 2.81. The van der Waals surface area contributed by atoms with Crippen LogP contribution in [0.15, 0.2) is 35.5 Å². The van der Waals surface area contributed by atoms with E-state index in [4.69, 9.17) is 11.6 Å². The molecule has 2 aromatic rings. The monoisotopic (exact) mass is 293 g/mol. The van der Waals surface area contributed by atoms with Crippen LogP contribution in [0.3, 0.4) is 0 Å². The number of benzene rings is 1. The lowest BCUT2D eigenvalue weighted by Gasteiger charge is -2.28. The van der Waals surface area contributed by atoms with Crippen molar-refractivity contribution in [3.8, 4) is 0 Å². The summed E-state index contributed by atoms with van der Waals surface area (Å²) in [6, 6.07) is 6.71. The molecule has 1 aromatic heterocycles. The Morgan fingerprint density at radius 3 is 3.21 bits per heavy atom. The quantitative estimate of drug-likeness (QED) is 0.900. The normalized spacial score (nSPS) is 20.0. The number of rotatable bonds is 3. The van der Waals surface area contributed by atoms with Crippen LogP contribution in [0.2, 0.25) is 5.02 Å². The molecule has 2 atom stereocenters. The Hall–Kier alpha value is -0.970. The molecule has 2 heterocycles. The first kappa shape index (κ1) is 13.0. The first-order chi connectivity index (χ1) is 9.24. The molecular weight excluding hydrogens is 278 g/mol. The fourth-order valence-corrected chi connectivity index (χ4v) is 3.72. The first-order valence-corrected chi connectivity index (χ1v) is 7.78. The molecule has 0 saturated heterocycles. The highest BCUT2D eigenvalue weighted by atomic mass is 35.5. The van der Waals surface area contributed by atoms with Crippen molar-refractivity contribution in [2.24, 2.45) is 0 Å². The second kappa shape index (κ2) is 5.57. The van der Waals surface area contributed by atoms with Crippen molar-refractivity contribution < 1.29 is 0 Å². The Morgan fingerprint density at radius 1 is 1.53 bits per heavy atom. The average Bonchev–Trinajstić information content (AvgIpc) is 2.93. The molecule has 1 aromatic carbocycles. The molecule has 1 aliphatic heterocycles. The van der Waals surface area contributed by atoms with Gasteiger partial charge in [0, 0.05) is 28.4 Å². The van der Waals surface area contributed by atoms with E-state index in [0.29, 0.717) is 6.04 Å². The standard InChI is InChI=1S/C14H16ClN3S/c1-9(14-16-5-6-17-14)18-12-4-7-19-13-3-2-10(15)8-11(12)13/h2-3,5-6,8-9,12,18H,4,7H2,1H3,(H,16,17). The van der Waals surface area contributed by atoms with Crippen molar-refractivity contribution in [3.63, 3.8) is 0 Å². The summed E-state index contributed by atoms with van der Waals surface area (Å²) < 4.78 is 0. The van der Waals surface area contributed by atoms with Crippen LogP contribution in [0.4, 0.5) is 0 Å². The van der Waals surface area contributed by atoms with Crippen molar-refractivity contribution >= 4 is 23.4 Å². The van der Waals surface area contributed by atoms with Gasteiger partial charge in [0.15, 0.2) is 0 Å². The van der Waals surface area contributed by atoms with E-state index >= 15 is 0 Å². The van der Waals surface area contributed by atoms with Crippen molar-refractivity contribution in [1.82, 2.24) is 15.3 Å². The largest absolute Gasteiger partial charge is 0.347 e. The van der Waals surface area contributed by atoms with Crippen LogP contribution in [0, 0.1) is 0 Å². The smallest absolute Gasteiger partial charge is 0.122 e. The third-order valence-corrected chi connectivity index (χ3v) is 4.75. The zero-order valence-corrected chi connectivity index (χ0v) is 12.3. The van der Waals surface area contributed by atoms with Crippen LogP contribution in [0.1, 0.15) is 36.8 Å². The van der Waals surface area contributed by atoms with E-state index in [-0.39, 0.29) is 6.04 Å². The maximum atomic E-state index is 6.12. The molecule has 2 N–H and O–H groups in total. The van der Waals surface area contributed by atoms with Crippen molar-refractivity contribution in [2.75, 3.05) is 5.75 Å². The van der Waals surface area contributed by atoms with Gasteiger partial charge >= 0.3 is 0 Å². The molecule has 0 spiro atoms. The zero-order valence-electron chi connectivity index (χ0n) is 10.7. The summed E-state index contributed by atoms with van der Waals surface area (Å²) in [5, 5.41) is 4.44. The highest BCUT2D eigenvalue weighted by Gasteiger charge is 2.23. The molecule has 19 heavy (non-hydrogen) atoms. The topological polar surface area (TPSA) is 40.7 Å². The van der Waals surface area contributed by atoms with Gasteiger partial charge in [0.05, 0.1) is 6.04 Å². The van der Waals surface area contributed by atoms with Crippen molar-refractivity contribution in [2.45, 2.75) is 30.3 Å². The van der Waals surface area contributed by atoms with Crippen LogP contribution in [0.5, 0.6) is 0 Å². The van der Waals surface area contributed by atoms with Gasteiger partial charge in [-0.15, -0.1) is 11.8 Å². The average molecular weight is 294 g/mol. The number of aromatic nitrogens is 2. The number of fused-ring (bicyclic) bond motifs is 1. The van der Waals surface area contributed by atoms with Gasteiger partial charge in [0.2, 0.25) is 0 Å². The van der Waals surface area contributed by atoms with E-state index in [9.17, 15) is 0 Å². The molecule has 100 valence electrons. The molecule has 1 aliphatic rings. The Morgan fingerprint density at radius 2 is 2.42 bits per heavy atom. The Bertz CT molecular complexity index is 556. The maximum absolute atomic E-state index is 6.12. The minimum Gasteiger partial charge on any atom is -0.347 e. The van der Waals surface area contributed by atoms with Crippen LogP contribution in [0.25, 0.3) is 0 Å². The van der Waals surface area contributed by atoms with Crippen LogP contribution >= 0.6 is 23.4 Å². The van der Waals surface area contributed by atoms with E-state index in [1.165, 1.54) is 10.5 Å².